The first-order chi connectivity index (χ1) is 12.8. The van der Waals surface area contributed by atoms with Crippen molar-refractivity contribution in [3.63, 3.8) is 0 Å². The first-order valence-corrected chi connectivity index (χ1v) is 8.56. The van der Waals surface area contributed by atoms with Crippen molar-refractivity contribution in [3.8, 4) is 11.1 Å². The zero-order valence-corrected chi connectivity index (χ0v) is 14.6. The van der Waals surface area contributed by atoms with E-state index in [4.69, 9.17) is 11.6 Å². The van der Waals surface area contributed by atoms with E-state index in [0.29, 0.717) is 10.8 Å². The normalized spacial score (nSPS) is 10.7. The van der Waals surface area contributed by atoms with Gasteiger partial charge in [-0.1, -0.05) is 54.1 Å². The van der Waals surface area contributed by atoms with E-state index in [-0.39, 0.29) is 0 Å². The van der Waals surface area contributed by atoms with E-state index in [2.05, 4.69) is 32.6 Å². The standard InChI is InChI=1S/C20H16ClN5/c21-18-8-6-17(7-9-18)19-12-22-14-23-20(19)25-26-13-16(11-24-26)10-15-4-2-1-3-5-15/h1-9,11-14H,10H2,(H,22,23,25). The Morgan fingerprint density at radius 2 is 1.73 bits per heavy atom. The first-order valence-electron chi connectivity index (χ1n) is 8.18. The van der Waals surface area contributed by atoms with Gasteiger partial charge in [-0.15, -0.1) is 0 Å². The number of hydrogen-bond acceptors (Lipinski definition) is 4. The number of hydrogen-bond donors (Lipinski definition) is 1. The van der Waals surface area contributed by atoms with Crippen molar-refractivity contribution in [2.45, 2.75) is 6.42 Å². The Kier molecular flexibility index (Phi) is 4.62. The van der Waals surface area contributed by atoms with Gasteiger partial charge in [0.1, 0.15) is 6.33 Å². The fourth-order valence-corrected chi connectivity index (χ4v) is 2.84. The van der Waals surface area contributed by atoms with Gasteiger partial charge in [0.2, 0.25) is 0 Å². The van der Waals surface area contributed by atoms with Crippen LogP contribution in [0, 0.1) is 0 Å². The molecule has 5 nitrogen and oxygen atoms in total. The summed E-state index contributed by atoms with van der Waals surface area (Å²) in [6.07, 6.45) is 7.92. The highest BCUT2D eigenvalue weighted by molar-refractivity contribution is 6.30. The van der Waals surface area contributed by atoms with Crippen LogP contribution in [0.2, 0.25) is 5.02 Å². The molecule has 0 saturated heterocycles. The molecule has 128 valence electrons. The third kappa shape index (κ3) is 3.73. The fourth-order valence-electron chi connectivity index (χ4n) is 2.71. The van der Waals surface area contributed by atoms with Crippen LogP contribution in [0.15, 0.2) is 79.5 Å². The van der Waals surface area contributed by atoms with Gasteiger partial charge in [-0.25, -0.2) is 9.97 Å². The van der Waals surface area contributed by atoms with Gasteiger partial charge < -0.3 is 0 Å². The van der Waals surface area contributed by atoms with Crippen LogP contribution in [0.25, 0.3) is 11.1 Å². The Bertz CT molecular complexity index is 996. The molecular formula is C20H16ClN5. The fraction of sp³-hybridized carbons (Fsp3) is 0.0500. The number of halogens is 1. The molecule has 0 unspecified atom stereocenters. The van der Waals surface area contributed by atoms with Crippen molar-refractivity contribution in [2.24, 2.45) is 0 Å². The van der Waals surface area contributed by atoms with E-state index in [1.807, 2.05) is 54.9 Å². The lowest BCUT2D eigenvalue weighted by Crippen LogP contribution is -2.11. The first kappa shape index (κ1) is 16.3. The third-order valence-electron chi connectivity index (χ3n) is 3.98. The van der Waals surface area contributed by atoms with Gasteiger partial charge in [0, 0.05) is 23.2 Å². The summed E-state index contributed by atoms with van der Waals surface area (Å²) in [4.78, 5) is 10.1. The Morgan fingerprint density at radius 1 is 0.923 bits per heavy atom. The molecule has 0 aliphatic heterocycles. The van der Waals surface area contributed by atoms with Crippen LogP contribution in [-0.4, -0.2) is 19.9 Å². The Balaban J connectivity index is 1.56. The highest BCUT2D eigenvalue weighted by Gasteiger charge is 2.08. The second-order valence-corrected chi connectivity index (χ2v) is 6.30. The van der Waals surface area contributed by atoms with Crippen molar-refractivity contribution in [3.05, 3.63) is 95.7 Å². The van der Waals surface area contributed by atoms with Crippen molar-refractivity contribution < 1.29 is 0 Å². The number of nitrogens with one attached hydrogen (secondary N) is 1. The average molecular weight is 362 g/mol. The summed E-state index contributed by atoms with van der Waals surface area (Å²) in [6, 6.07) is 17.9. The molecule has 0 atom stereocenters. The lowest BCUT2D eigenvalue weighted by Gasteiger charge is -2.10. The van der Waals surface area contributed by atoms with Gasteiger partial charge in [-0.3, -0.25) is 5.43 Å². The second-order valence-electron chi connectivity index (χ2n) is 5.86. The zero-order valence-electron chi connectivity index (χ0n) is 13.9. The second kappa shape index (κ2) is 7.37. The quantitative estimate of drug-likeness (QED) is 0.570. The summed E-state index contributed by atoms with van der Waals surface area (Å²) in [5, 5.41) is 5.07. The molecule has 0 bridgehead atoms. The predicted molar refractivity (Wildman–Crippen MR) is 103 cm³/mol. The summed E-state index contributed by atoms with van der Waals surface area (Å²) in [7, 11) is 0. The lowest BCUT2D eigenvalue weighted by atomic mass is 10.1. The average Bonchev–Trinajstić information content (AvgIpc) is 3.11. The lowest BCUT2D eigenvalue weighted by molar-refractivity contribution is 0.794. The number of anilines is 1. The molecule has 0 aliphatic rings. The number of nitrogens with zero attached hydrogens (tertiary/aromatic N) is 4. The van der Waals surface area contributed by atoms with Crippen LogP contribution in [0.1, 0.15) is 11.1 Å². The Morgan fingerprint density at radius 3 is 2.54 bits per heavy atom. The largest absolute Gasteiger partial charge is 0.261 e. The molecule has 0 aliphatic carbocycles. The molecule has 6 heteroatoms. The number of aromatic nitrogens is 4. The zero-order chi connectivity index (χ0) is 17.8. The smallest absolute Gasteiger partial charge is 0.157 e. The monoisotopic (exact) mass is 361 g/mol. The van der Waals surface area contributed by atoms with E-state index < -0.39 is 0 Å². The molecular weight excluding hydrogens is 346 g/mol. The van der Waals surface area contributed by atoms with E-state index in [9.17, 15) is 0 Å². The molecule has 0 saturated carbocycles. The predicted octanol–water partition coefficient (Wildman–Crippen LogP) is 4.46. The topological polar surface area (TPSA) is 55.6 Å². The molecule has 1 N–H and O–H groups in total. The van der Waals surface area contributed by atoms with Gasteiger partial charge in [-0.2, -0.15) is 9.89 Å². The number of benzene rings is 2. The van der Waals surface area contributed by atoms with Gasteiger partial charge in [0.05, 0.1) is 12.4 Å². The van der Waals surface area contributed by atoms with E-state index in [1.165, 1.54) is 11.9 Å². The summed E-state index contributed by atoms with van der Waals surface area (Å²) in [5.74, 6) is 0.677. The van der Waals surface area contributed by atoms with Crippen molar-refractivity contribution in [2.75, 3.05) is 5.43 Å². The maximum absolute atomic E-state index is 5.98. The molecule has 0 fully saturated rings. The maximum atomic E-state index is 5.98. The molecule has 0 radical (unpaired) electrons. The number of rotatable bonds is 5. The Labute approximate surface area is 156 Å². The summed E-state index contributed by atoms with van der Waals surface area (Å²) < 4.78 is 0. The summed E-state index contributed by atoms with van der Waals surface area (Å²) in [6.45, 7) is 0. The van der Waals surface area contributed by atoms with Crippen LogP contribution in [0.5, 0.6) is 0 Å². The molecule has 0 spiro atoms. The molecule has 26 heavy (non-hydrogen) atoms. The van der Waals surface area contributed by atoms with Gasteiger partial charge in [-0.05, 0) is 28.8 Å². The molecule has 4 rings (SSSR count). The van der Waals surface area contributed by atoms with Gasteiger partial charge >= 0.3 is 0 Å². The minimum Gasteiger partial charge on any atom is -0.261 e. The molecule has 2 heterocycles. The minimum absolute atomic E-state index is 0.677. The SMILES string of the molecule is Clc1ccc(-c2cncnc2Nn2cc(Cc3ccccc3)cn2)cc1. The van der Waals surface area contributed by atoms with Gasteiger partial charge in [0.15, 0.2) is 5.82 Å². The van der Waals surface area contributed by atoms with Crippen LogP contribution >= 0.6 is 11.6 Å². The van der Waals surface area contributed by atoms with Gasteiger partial charge in [0.25, 0.3) is 0 Å². The van der Waals surface area contributed by atoms with Crippen molar-refractivity contribution in [1.29, 1.82) is 0 Å². The van der Waals surface area contributed by atoms with Crippen LogP contribution in [-0.2, 0) is 6.42 Å². The van der Waals surface area contributed by atoms with E-state index >= 15 is 0 Å². The third-order valence-corrected chi connectivity index (χ3v) is 4.23. The van der Waals surface area contributed by atoms with Crippen LogP contribution < -0.4 is 5.43 Å². The van der Waals surface area contributed by atoms with Crippen LogP contribution in [0.4, 0.5) is 5.82 Å². The summed E-state index contributed by atoms with van der Waals surface area (Å²) in [5.41, 5.74) is 7.44. The molecule has 0 amide bonds. The molecule has 2 aromatic heterocycles. The van der Waals surface area contributed by atoms with Crippen molar-refractivity contribution in [1.82, 2.24) is 19.9 Å². The molecule has 2 aromatic carbocycles. The van der Waals surface area contributed by atoms with Crippen molar-refractivity contribution >= 4 is 17.4 Å². The Hall–Kier alpha value is -3.18. The highest BCUT2D eigenvalue weighted by Crippen LogP contribution is 2.26. The maximum Gasteiger partial charge on any atom is 0.157 e. The summed E-state index contributed by atoms with van der Waals surface area (Å²) >= 11 is 5.98. The molecule has 4 aromatic rings. The minimum atomic E-state index is 0.677. The highest BCUT2D eigenvalue weighted by atomic mass is 35.5. The van der Waals surface area contributed by atoms with E-state index in [0.717, 1.165) is 23.1 Å². The van der Waals surface area contributed by atoms with E-state index in [1.54, 1.807) is 11.0 Å². The van der Waals surface area contributed by atoms with Crippen LogP contribution in [0.3, 0.4) is 0 Å².